The summed E-state index contributed by atoms with van der Waals surface area (Å²) in [5, 5.41) is 3.64. The molecule has 6 heteroatoms. The summed E-state index contributed by atoms with van der Waals surface area (Å²) >= 11 is 1.36. The van der Waals surface area contributed by atoms with Crippen LogP contribution in [0.2, 0.25) is 0 Å². The lowest BCUT2D eigenvalue weighted by atomic mass is 9.91. The molecule has 1 aromatic carbocycles. The molecule has 5 nitrogen and oxygen atoms in total. The van der Waals surface area contributed by atoms with Gasteiger partial charge in [-0.15, -0.1) is 0 Å². The third-order valence-corrected chi connectivity index (χ3v) is 5.28. The lowest BCUT2D eigenvalue weighted by Gasteiger charge is -2.33. The number of nitrogens with zero attached hydrogens (tertiary/aromatic N) is 3. The molecule has 1 fully saturated rings. The predicted octanol–water partition coefficient (Wildman–Crippen LogP) is 2.56. The summed E-state index contributed by atoms with van der Waals surface area (Å²) in [5.41, 5.74) is 1.43. The molecule has 1 aliphatic heterocycles. The normalized spacial score (nSPS) is 18.0. The summed E-state index contributed by atoms with van der Waals surface area (Å²) < 4.78 is 0. The van der Waals surface area contributed by atoms with Crippen LogP contribution in [0.1, 0.15) is 24.3 Å². The van der Waals surface area contributed by atoms with Gasteiger partial charge in [0.05, 0.1) is 5.75 Å². The number of rotatable bonds is 7. The number of piperidine rings is 1. The van der Waals surface area contributed by atoms with Gasteiger partial charge in [-0.2, -0.15) is 0 Å². The highest BCUT2D eigenvalue weighted by Gasteiger charge is 2.20. The molecule has 2 aromatic rings. The lowest BCUT2D eigenvalue weighted by Crippen LogP contribution is -2.40. The van der Waals surface area contributed by atoms with E-state index in [1.54, 1.807) is 18.5 Å². The SMILES string of the molecule is O=C(CSc1ncccn1)NCCN1CCC[C@H](c2ccccc2)C1. The second-order valence-corrected chi connectivity index (χ2v) is 7.16. The van der Waals surface area contributed by atoms with Crippen molar-refractivity contribution in [2.75, 3.05) is 31.9 Å². The molecular formula is C19H24N4OS. The number of benzene rings is 1. The van der Waals surface area contributed by atoms with Gasteiger partial charge in [0.15, 0.2) is 5.16 Å². The molecule has 1 aromatic heterocycles. The van der Waals surface area contributed by atoms with E-state index in [0.29, 0.717) is 23.4 Å². The van der Waals surface area contributed by atoms with Crippen LogP contribution in [-0.4, -0.2) is 52.7 Å². The molecule has 0 bridgehead atoms. The Kier molecular flexibility index (Phi) is 6.82. The fourth-order valence-electron chi connectivity index (χ4n) is 3.15. The van der Waals surface area contributed by atoms with Crippen LogP contribution in [0.4, 0.5) is 0 Å². The molecule has 3 rings (SSSR count). The number of likely N-dealkylation sites (tertiary alicyclic amines) is 1. The van der Waals surface area contributed by atoms with E-state index in [1.165, 1.54) is 30.2 Å². The maximum absolute atomic E-state index is 11.9. The molecule has 1 aliphatic rings. The van der Waals surface area contributed by atoms with Crippen molar-refractivity contribution in [2.45, 2.75) is 23.9 Å². The van der Waals surface area contributed by atoms with Gasteiger partial charge < -0.3 is 10.2 Å². The summed E-state index contributed by atoms with van der Waals surface area (Å²) in [7, 11) is 0. The zero-order chi connectivity index (χ0) is 17.3. The molecule has 2 heterocycles. The lowest BCUT2D eigenvalue weighted by molar-refractivity contribution is -0.118. The zero-order valence-corrected chi connectivity index (χ0v) is 15.1. The van der Waals surface area contributed by atoms with E-state index < -0.39 is 0 Å². The Hall–Kier alpha value is -1.92. The topological polar surface area (TPSA) is 58.1 Å². The van der Waals surface area contributed by atoms with E-state index in [2.05, 4.69) is 50.5 Å². The van der Waals surface area contributed by atoms with Crippen molar-refractivity contribution in [1.82, 2.24) is 20.2 Å². The van der Waals surface area contributed by atoms with Gasteiger partial charge in [-0.3, -0.25) is 4.79 Å². The molecule has 25 heavy (non-hydrogen) atoms. The predicted molar refractivity (Wildman–Crippen MR) is 101 cm³/mol. The van der Waals surface area contributed by atoms with E-state index >= 15 is 0 Å². The van der Waals surface area contributed by atoms with Crippen LogP contribution in [0.3, 0.4) is 0 Å². The minimum atomic E-state index is 0.0362. The minimum absolute atomic E-state index is 0.0362. The van der Waals surface area contributed by atoms with Gasteiger partial charge in [0.1, 0.15) is 0 Å². The Morgan fingerprint density at radius 1 is 1.20 bits per heavy atom. The monoisotopic (exact) mass is 356 g/mol. The number of hydrogen-bond acceptors (Lipinski definition) is 5. The van der Waals surface area contributed by atoms with Crippen LogP contribution < -0.4 is 5.32 Å². The van der Waals surface area contributed by atoms with Gasteiger partial charge in [0.25, 0.3) is 0 Å². The molecule has 0 radical (unpaired) electrons. The fraction of sp³-hybridized carbons (Fsp3) is 0.421. The van der Waals surface area contributed by atoms with Crippen LogP contribution in [0.15, 0.2) is 53.9 Å². The van der Waals surface area contributed by atoms with Gasteiger partial charge in [-0.25, -0.2) is 9.97 Å². The molecule has 0 unspecified atom stereocenters. The Bertz CT molecular complexity index is 653. The van der Waals surface area contributed by atoms with Crippen molar-refractivity contribution >= 4 is 17.7 Å². The average molecular weight is 356 g/mol. The first-order valence-corrected chi connectivity index (χ1v) is 9.73. The molecular weight excluding hydrogens is 332 g/mol. The van der Waals surface area contributed by atoms with E-state index in [4.69, 9.17) is 0 Å². The summed E-state index contributed by atoms with van der Waals surface area (Å²) in [6.07, 6.45) is 5.84. The van der Waals surface area contributed by atoms with E-state index in [1.807, 2.05) is 0 Å². The summed E-state index contributed by atoms with van der Waals surface area (Å²) in [4.78, 5) is 22.6. The minimum Gasteiger partial charge on any atom is -0.354 e. The summed E-state index contributed by atoms with van der Waals surface area (Å²) in [5.74, 6) is 1.00. The Morgan fingerprint density at radius 3 is 2.80 bits per heavy atom. The quantitative estimate of drug-likeness (QED) is 0.610. The van der Waals surface area contributed by atoms with Gasteiger partial charge in [0.2, 0.25) is 5.91 Å². The molecule has 1 saturated heterocycles. The Labute approximate surface area is 153 Å². The maximum atomic E-state index is 11.9. The number of hydrogen-bond donors (Lipinski definition) is 1. The Morgan fingerprint density at radius 2 is 2.00 bits per heavy atom. The molecule has 0 spiro atoms. The number of carbonyl (C=O) groups is 1. The van der Waals surface area contributed by atoms with Crippen LogP contribution in [0, 0.1) is 0 Å². The van der Waals surface area contributed by atoms with Gasteiger partial charge in [-0.1, -0.05) is 42.1 Å². The van der Waals surface area contributed by atoms with Crippen molar-refractivity contribution in [3.63, 3.8) is 0 Å². The average Bonchev–Trinajstić information content (AvgIpc) is 2.68. The van der Waals surface area contributed by atoms with Gasteiger partial charge >= 0.3 is 0 Å². The molecule has 1 amide bonds. The van der Waals surface area contributed by atoms with Crippen molar-refractivity contribution in [1.29, 1.82) is 0 Å². The number of carbonyl (C=O) groups excluding carboxylic acids is 1. The molecule has 0 aliphatic carbocycles. The van der Waals surface area contributed by atoms with Crippen LogP contribution in [0.5, 0.6) is 0 Å². The number of amides is 1. The first kappa shape index (κ1) is 17.9. The summed E-state index contributed by atoms with van der Waals surface area (Å²) in [6, 6.07) is 12.5. The van der Waals surface area contributed by atoms with E-state index in [-0.39, 0.29) is 5.91 Å². The third kappa shape index (κ3) is 5.83. The molecule has 1 atom stereocenters. The highest BCUT2D eigenvalue weighted by atomic mass is 32.2. The van der Waals surface area contributed by atoms with E-state index in [0.717, 1.165) is 19.6 Å². The van der Waals surface area contributed by atoms with E-state index in [9.17, 15) is 4.79 Å². The number of thioether (sulfide) groups is 1. The van der Waals surface area contributed by atoms with Crippen LogP contribution in [0.25, 0.3) is 0 Å². The van der Waals surface area contributed by atoms with Crippen molar-refractivity contribution in [3.8, 4) is 0 Å². The molecule has 132 valence electrons. The van der Waals surface area contributed by atoms with Gasteiger partial charge in [0, 0.05) is 32.0 Å². The second kappa shape index (κ2) is 9.53. The van der Waals surface area contributed by atoms with Gasteiger partial charge in [-0.05, 0) is 36.9 Å². The largest absolute Gasteiger partial charge is 0.354 e. The third-order valence-electron chi connectivity index (χ3n) is 4.40. The standard InChI is InChI=1S/C19H24N4OS/c24-18(15-25-19-21-9-5-10-22-19)20-11-13-23-12-4-8-17(14-23)16-6-2-1-3-7-16/h1-3,5-7,9-10,17H,4,8,11-15H2,(H,20,24)/t17-/m0/s1. The zero-order valence-electron chi connectivity index (χ0n) is 14.3. The smallest absolute Gasteiger partial charge is 0.230 e. The van der Waals surface area contributed by atoms with Crippen LogP contribution in [-0.2, 0) is 4.79 Å². The molecule has 1 N–H and O–H groups in total. The van der Waals surface area contributed by atoms with Crippen molar-refractivity contribution in [3.05, 3.63) is 54.4 Å². The van der Waals surface area contributed by atoms with Crippen LogP contribution >= 0.6 is 11.8 Å². The van der Waals surface area contributed by atoms with Crippen molar-refractivity contribution < 1.29 is 4.79 Å². The highest BCUT2D eigenvalue weighted by Crippen LogP contribution is 2.26. The number of nitrogens with one attached hydrogen (secondary N) is 1. The Balaban J connectivity index is 1.36. The first-order valence-electron chi connectivity index (χ1n) is 8.75. The number of aromatic nitrogens is 2. The second-order valence-electron chi connectivity index (χ2n) is 6.22. The first-order chi connectivity index (χ1) is 12.3. The highest BCUT2D eigenvalue weighted by molar-refractivity contribution is 7.99. The summed E-state index contributed by atoms with van der Waals surface area (Å²) in [6.45, 7) is 3.79. The van der Waals surface area contributed by atoms with Crippen molar-refractivity contribution in [2.24, 2.45) is 0 Å². The maximum Gasteiger partial charge on any atom is 0.230 e. The fourth-order valence-corrected chi connectivity index (χ4v) is 3.78. The molecule has 0 saturated carbocycles.